The molecule has 0 aromatic heterocycles. The largest absolute Gasteiger partial charge is 0.493 e. The molecule has 0 saturated carbocycles. The fourth-order valence-corrected chi connectivity index (χ4v) is 1.34. The monoisotopic (exact) mass is 300 g/mol. The molecule has 0 atom stereocenters. The average molecular weight is 301 g/mol. The molecule has 0 aliphatic carbocycles. The highest BCUT2D eigenvalue weighted by Crippen LogP contribution is 2.38. The summed E-state index contributed by atoms with van der Waals surface area (Å²) in [6, 6.07) is 3.50. The number of rotatable bonds is 4. The molecular formula is C12H13BrO4. The van der Waals surface area contributed by atoms with Gasteiger partial charge >= 0.3 is 5.97 Å². The van der Waals surface area contributed by atoms with Gasteiger partial charge in [0.15, 0.2) is 11.5 Å². The van der Waals surface area contributed by atoms with Crippen molar-refractivity contribution in [2.24, 2.45) is 0 Å². The van der Waals surface area contributed by atoms with Gasteiger partial charge < -0.3 is 14.2 Å². The number of ether oxygens (including phenoxy) is 3. The van der Waals surface area contributed by atoms with Crippen LogP contribution in [0.1, 0.15) is 5.56 Å². The van der Waals surface area contributed by atoms with E-state index in [2.05, 4.69) is 22.5 Å². The first kappa shape index (κ1) is 13.6. The highest BCUT2D eigenvalue weighted by atomic mass is 79.9. The minimum atomic E-state index is -0.592. The maximum atomic E-state index is 11.5. The fourth-order valence-electron chi connectivity index (χ4n) is 1.26. The summed E-state index contributed by atoms with van der Waals surface area (Å²) in [6.07, 6.45) is 0. The lowest BCUT2D eigenvalue weighted by Gasteiger charge is -2.13. The summed E-state index contributed by atoms with van der Waals surface area (Å²) in [7, 11) is 2.99. The first-order valence-corrected chi connectivity index (χ1v) is 5.58. The third-order valence-corrected chi connectivity index (χ3v) is 2.34. The summed E-state index contributed by atoms with van der Waals surface area (Å²) in [5, 5.41) is 0. The van der Waals surface area contributed by atoms with Crippen LogP contribution in [0.15, 0.2) is 23.2 Å². The summed E-state index contributed by atoms with van der Waals surface area (Å²) in [6.45, 7) is 5.33. The number of carbonyl (C=O) groups excluding carboxylic acids is 1. The molecule has 0 aliphatic rings. The Kier molecular flexibility index (Phi) is 4.57. The number of hydrogen-bond donors (Lipinski definition) is 0. The average Bonchev–Trinajstić information content (AvgIpc) is 2.30. The van der Waals surface area contributed by atoms with E-state index in [0.29, 0.717) is 11.5 Å². The van der Waals surface area contributed by atoms with E-state index in [1.165, 1.54) is 14.2 Å². The summed E-state index contributed by atoms with van der Waals surface area (Å²) in [4.78, 5) is 11.5. The SMILES string of the molecule is C=C(Br)C(=O)Oc1c(OC)cc(C)cc1OC. The molecule has 0 aliphatic heterocycles. The Hall–Kier alpha value is -1.49. The number of methoxy groups -OCH3 is 2. The van der Waals surface area contributed by atoms with Crippen molar-refractivity contribution < 1.29 is 19.0 Å². The van der Waals surface area contributed by atoms with Gasteiger partial charge in [0.2, 0.25) is 5.75 Å². The zero-order valence-corrected chi connectivity index (χ0v) is 11.5. The highest BCUT2D eigenvalue weighted by Gasteiger charge is 2.17. The van der Waals surface area contributed by atoms with E-state index in [1.807, 2.05) is 6.92 Å². The first-order chi connectivity index (χ1) is 7.99. The maximum Gasteiger partial charge on any atom is 0.350 e. The fraction of sp³-hybridized carbons (Fsp3) is 0.250. The van der Waals surface area contributed by atoms with Gasteiger partial charge in [-0.25, -0.2) is 4.79 Å². The van der Waals surface area contributed by atoms with E-state index in [1.54, 1.807) is 12.1 Å². The Morgan fingerprint density at radius 3 is 2.06 bits per heavy atom. The zero-order valence-electron chi connectivity index (χ0n) is 9.87. The van der Waals surface area contributed by atoms with Crippen molar-refractivity contribution >= 4 is 21.9 Å². The third kappa shape index (κ3) is 3.23. The van der Waals surface area contributed by atoms with Crippen molar-refractivity contribution in [3.63, 3.8) is 0 Å². The minimum Gasteiger partial charge on any atom is -0.493 e. The molecule has 17 heavy (non-hydrogen) atoms. The van der Waals surface area contributed by atoms with E-state index in [-0.39, 0.29) is 10.2 Å². The van der Waals surface area contributed by atoms with Gasteiger partial charge in [-0.3, -0.25) is 0 Å². The lowest BCUT2D eigenvalue weighted by molar-refractivity contribution is -0.129. The van der Waals surface area contributed by atoms with Crippen LogP contribution in [-0.2, 0) is 4.79 Å². The molecule has 0 radical (unpaired) electrons. The first-order valence-electron chi connectivity index (χ1n) is 4.78. The lowest BCUT2D eigenvalue weighted by atomic mass is 10.2. The smallest absolute Gasteiger partial charge is 0.350 e. The van der Waals surface area contributed by atoms with Crippen LogP contribution in [-0.4, -0.2) is 20.2 Å². The number of esters is 1. The standard InChI is InChI=1S/C12H13BrO4/c1-7-5-9(15-3)11(10(6-7)16-4)17-12(14)8(2)13/h5-6H,2H2,1,3-4H3. The van der Waals surface area contributed by atoms with Crippen LogP contribution in [0.4, 0.5) is 0 Å². The van der Waals surface area contributed by atoms with Gasteiger partial charge in [-0.1, -0.05) is 6.58 Å². The number of aryl methyl sites for hydroxylation is 1. The quantitative estimate of drug-likeness (QED) is 0.487. The Bertz CT molecular complexity index is 429. The van der Waals surface area contributed by atoms with Crippen molar-refractivity contribution in [3.05, 3.63) is 28.8 Å². The van der Waals surface area contributed by atoms with Gasteiger partial charge in [0.05, 0.1) is 18.7 Å². The topological polar surface area (TPSA) is 44.8 Å². The van der Waals surface area contributed by atoms with Gasteiger partial charge in [-0.05, 0) is 40.5 Å². The molecule has 5 heteroatoms. The van der Waals surface area contributed by atoms with E-state index in [0.717, 1.165) is 5.56 Å². The van der Waals surface area contributed by atoms with E-state index < -0.39 is 5.97 Å². The molecule has 1 aromatic carbocycles. The van der Waals surface area contributed by atoms with Gasteiger partial charge in [-0.15, -0.1) is 0 Å². The summed E-state index contributed by atoms with van der Waals surface area (Å²) in [5.74, 6) is 0.518. The Morgan fingerprint density at radius 1 is 1.24 bits per heavy atom. The molecule has 1 aromatic rings. The van der Waals surface area contributed by atoms with Crippen LogP contribution in [0, 0.1) is 6.92 Å². The second-order valence-electron chi connectivity index (χ2n) is 3.29. The second-order valence-corrected chi connectivity index (χ2v) is 4.25. The van der Waals surface area contributed by atoms with E-state index in [4.69, 9.17) is 14.2 Å². The van der Waals surface area contributed by atoms with Crippen LogP contribution in [0.5, 0.6) is 17.2 Å². The lowest BCUT2D eigenvalue weighted by Crippen LogP contribution is -2.09. The second kappa shape index (κ2) is 5.72. The van der Waals surface area contributed by atoms with Crippen LogP contribution in [0.3, 0.4) is 0 Å². The van der Waals surface area contributed by atoms with Crippen molar-refractivity contribution in [2.75, 3.05) is 14.2 Å². The predicted molar refractivity (Wildman–Crippen MR) is 68.0 cm³/mol. The van der Waals surface area contributed by atoms with Crippen molar-refractivity contribution in [3.8, 4) is 17.2 Å². The molecular weight excluding hydrogens is 288 g/mol. The van der Waals surface area contributed by atoms with Crippen molar-refractivity contribution in [2.45, 2.75) is 6.92 Å². The third-order valence-electron chi connectivity index (χ3n) is 2.02. The number of carbonyl (C=O) groups is 1. The molecule has 0 bridgehead atoms. The molecule has 0 spiro atoms. The Balaban J connectivity index is 3.19. The minimum absolute atomic E-state index is 0.127. The van der Waals surface area contributed by atoms with E-state index in [9.17, 15) is 4.79 Å². The van der Waals surface area contributed by atoms with Gasteiger partial charge in [0.1, 0.15) is 0 Å². The molecule has 0 unspecified atom stereocenters. The van der Waals surface area contributed by atoms with Gasteiger partial charge in [0.25, 0.3) is 0 Å². The predicted octanol–water partition coefficient (Wildman–Crippen LogP) is 2.83. The highest BCUT2D eigenvalue weighted by molar-refractivity contribution is 9.12. The number of hydrogen-bond acceptors (Lipinski definition) is 4. The normalized spacial score (nSPS) is 9.65. The summed E-state index contributed by atoms with van der Waals surface area (Å²) < 4.78 is 15.6. The molecule has 0 N–H and O–H groups in total. The zero-order chi connectivity index (χ0) is 13.0. The Labute approximate surface area is 108 Å². The molecule has 92 valence electrons. The van der Waals surface area contributed by atoms with Gasteiger partial charge in [-0.2, -0.15) is 0 Å². The van der Waals surface area contributed by atoms with Crippen LogP contribution in [0.25, 0.3) is 0 Å². The number of benzene rings is 1. The molecule has 0 fully saturated rings. The summed E-state index contributed by atoms with van der Waals surface area (Å²) in [5.41, 5.74) is 0.941. The maximum absolute atomic E-state index is 11.5. The van der Waals surface area contributed by atoms with Crippen LogP contribution < -0.4 is 14.2 Å². The molecule has 0 amide bonds. The van der Waals surface area contributed by atoms with E-state index >= 15 is 0 Å². The Morgan fingerprint density at radius 2 is 1.71 bits per heavy atom. The van der Waals surface area contributed by atoms with Crippen molar-refractivity contribution in [1.82, 2.24) is 0 Å². The van der Waals surface area contributed by atoms with Gasteiger partial charge in [0, 0.05) is 0 Å². The molecule has 4 nitrogen and oxygen atoms in total. The van der Waals surface area contributed by atoms with Crippen LogP contribution in [0.2, 0.25) is 0 Å². The van der Waals surface area contributed by atoms with Crippen LogP contribution >= 0.6 is 15.9 Å². The molecule has 0 heterocycles. The number of halogens is 1. The molecule has 1 rings (SSSR count). The van der Waals surface area contributed by atoms with Crippen molar-refractivity contribution in [1.29, 1.82) is 0 Å². The molecule has 0 saturated heterocycles. The summed E-state index contributed by atoms with van der Waals surface area (Å²) >= 11 is 2.95.